The highest BCUT2D eigenvalue weighted by molar-refractivity contribution is 9.10. The van der Waals surface area contributed by atoms with Gasteiger partial charge in [0, 0.05) is 11.0 Å². The molecule has 1 unspecified atom stereocenters. The third kappa shape index (κ3) is 2.70. The van der Waals surface area contributed by atoms with Crippen LogP contribution in [0.25, 0.3) is 0 Å². The van der Waals surface area contributed by atoms with E-state index in [9.17, 15) is 14.7 Å². The highest BCUT2D eigenvalue weighted by Gasteiger charge is 2.58. The lowest BCUT2D eigenvalue weighted by atomic mass is 10.0. The summed E-state index contributed by atoms with van der Waals surface area (Å²) in [4.78, 5) is 25.3. The van der Waals surface area contributed by atoms with Crippen molar-refractivity contribution in [2.45, 2.75) is 18.9 Å². The average molecular weight is 354 g/mol. The Morgan fingerprint density at radius 3 is 2.52 bits per heavy atom. The number of halogens is 1. The van der Waals surface area contributed by atoms with Gasteiger partial charge in [0.05, 0.1) is 13.2 Å². The quantitative estimate of drug-likeness (QED) is 0.846. The number of hydrogen-bond donors (Lipinski definition) is 1. The SMILES string of the molecule is O=C(O)C1(C(=O)N2CCOC(c3ccc(Br)cc3)C2)CC1. The van der Waals surface area contributed by atoms with E-state index in [1.165, 1.54) is 0 Å². The molecule has 6 heteroatoms. The number of carbonyl (C=O) groups excluding carboxylic acids is 1. The number of amides is 1. The topological polar surface area (TPSA) is 66.8 Å². The Hall–Kier alpha value is -1.40. The first-order valence-electron chi connectivity index (χ1n) is 6.93. The van der Waals surface area contributed by atoms with Gasteiger partial charge in [0.25, 0.3) is 0 Å². The Balaban J connectivity index is 1.73. The fraction of sp³-hybridized carbons (Fsp3) is 0.467. The van der Waals surface area contributed by atoms with E-state index in [0.717, 1.165) is 10.0 Å². The number of carbonyl (C=O) groups is 2. The van der Waals surface area contributed by atoms with Crippen LogP contribution in [0.3, 0.4) is 0 Å². The van der Waals surface area contributed by atoms with Crippen molar-refractivity contribution in [3.63, 3.8) is 0 Å². The summed E-state index contributed by atoms with van der Waals surface area (Å²) in [5, 5.41) is 9.23. The molecule has 1 aliphatic heterocycles. The van der Waals surface area contributed by atoms with E-state index in [1.54, 1.807) is 4.90 Å². The van der Waals surface area contributed by atoms with E-state index in [0.29, 0.717) is 32.5 Å². The molecule has 1 heterocycles. The Morgan fingerprint density at radius 1 is 1.29 bits per heavy atom. The molecule has 1 aliphatic carbocycles. The number of hydrogen-bond acceptors (Lipinski definition) is 3. The van der Waals surface area contributed by atoms with Crippen LogP contribution in [0.15, 0.2) is 28.7 Å². The molecule has 112 valence electrons. The minimum atomic E-state index is -1.17. The van der Waals surface area contributed by atoms with E-state index >= 15 is 0 Å². The molecule has 0 aromatic heterocycles. The van der Waals surface area contributed by atoms with Gasteiger partial charge >= 0.3 is 5.97 Å². The van der Waals surface area contributed by atoms with Crippen LogP contribution in [0.5, 0.6) is 0 Å². The number of ether oxygens (including phenoxy) is 1. The second-order valence-corrected chi connectivity index (χ2v) is 6.47. The van der Waals surface area contributed by atoms with Crippen LogP contribution in [0.4, 0.5) is 0 Å². The van der Waals surface area contributed by atoms with Gasteiger partial charge in [-0.05, 0) is 30.5 Å². The van der Waals surface area contributed by atoms with E-state index in [-0.39, 0.29) is 12.0 Å². The molecule has 0 radical (unpaired) electrons. The van der Waals surface area contributed by atoms with Crippen molar-refractivity contribution in [2.75, 3.05) is 19.7 Å². The molecule has 1 aromatic carbocycles. The summed E-state index contributed by atoms with van der Waals surface area (Å²) in [5.41, 5.74) is -0.169. The first-order chi connectivity index (χ1) is 10.0. The van der Waals surface area contributed by atoms with Crippen molar-refractivity contribution in [1.29, 1.82) is 0 Å². The Morgan fingerprint density at radius 2 is 1.95 bits per heavy atom. The maximum absolute atomic E-state index is 12.4. The van der Waals surface area contributed by atoms with Crippen molar-refractivity contribution < 1.29 is 19.4 Å². The third-order valence-electron chi connectivity index (χ3n) is 4.16. The summed E-state index contributed by atoms with van der Waals surface area (Å²) >= 11 is 3.38. The molecule has 2 fully saturated rings. The zero-order valence-electron chi connectivity index (χ0n) is 11.4. The van der Waals surface area contributed by atoms with Gasteiger partial charge in [-0.15, -0.1) is 0 Å². The zero-order valence-corrected chi connectivity index (χ0v) is 13.0. The molecule has 1 atom stereocenters. The minimum Gasteiger partial charge on any atom is -0.480 e. The molecular formula is C15H16BrNO4. The fourth-order valence-electron chi connectivity index (χ4n) is 2.66. The molecule has 1 amide bonds. The standard InChI is InChI=1S/C15H16BrNO4/c16-11-3-1-10(2-4-11)12-9-17(7-8-21-12)13(18)15(5-6-15)14(19)20/h1-4,12H,5-9H2,(H,19,20). The van der Waals surface area contributed by atoms with Crippen molar-refractivity contribution in [2.24, 2.45) is 5.41 Å². The monoisotopic (exact) mass is 353 g/mol. The number of nitrogens with zero attached hydrogens (tertiary/aromatic N) is 1. The molecule has 1 saturated carbocycles. The largest absolute Gasteiger partial charge is 0.480 e. The fourth-order valence-corrected chi connectivity index (χ4v) is 2.92. The Bertz CT molecular complexity index is 568. The van der Waals surface area contributed by atoms with E-state index in [4.69, 9.17) is 4.74 Å². The molecule has 2 aliphatic rings. The number of carboxylic acid groups (broad SMARTS) is 1. The van der Waals surface area contributed by atoms with E-state index in [2.05, 4.69) is 15.9 Å². The second kappa shape index (κ2) is 5.42. The van der Waals surface area contributed by atoms with Gasteiger partial charge in [0.15, 0.2) is 0 Å². The normalized spacial score (nSPS) is 23.7. The number of benzene rings is 1. The molecular weight excluding hydrogens is 338 g/mol. The van der Waals surface area contributed by atoms with Crippen LogP contribution in [-0.2, 0) is 14.3 Å². The van der Waals surface area contributed by atoms with Crippen LogP contribution in [-0.4, -0.2) is 41.6 Å². The summed E-state index contributed by atoms with van der Waals surface area (Å²) in [6, 6.07) is 7.76. The molecule has 1 N–H and O–H groups in total. The first kappa shape index (κ1) is 14.5. The lowest BCUT2D eigenvalue weighted by Gasteiger charge is -2.34. The third-order valence-corrected chi connectivity index (χ3v) is 4.69. The van der Waals surface area contributed by atoms with Gasteiger partial charge in [0.1, 0.15) is 11.5 Å². The molecule has 21 heavy (non-hydrogen) atoms. The number of carboxylic acids is 1. The molecule has 1 saturated heterocycles. The van der Waals surface area contributed by atoms with Crippen molar-refractivity contribution in [1.82, 2.24) is 4.90 Å². The first-order valence-corrected chi connectivity index (χ1v) is 7.72. The van der Waals surface area contributed by atoms with Crippen LogP contribution >= 0.6 is 15.9 Å². The minimum absolute atomic E-state index is 0.194. The maximum Gasteiger partial charge on any atom is 0.319 e. The molecule has 0 bridgehead atoms. The zero-order chi connectivity index (χ0) is 15.0. The van der Waals surface area contributed by atoms with Gasteiger partial charge in [-0.25, -0.2) is 0 Å². The summed E-state index contributed by atoms with van der Waals surface area (Å²) < 4.78 is 6.71. The molecule has 3 rings (SSSR count). The summed E-state index contributed by atoms with van der Waals surface area (Å²) in [7, 11) is 0. The van der Waals surface area contributed by atoms with Crippen molar-refractivity contribution >= 4 is 27.8 Å². The lowest BCUT2D eigenvalue weighted by Crippen LogP contribution is -2.47. The number of morpholine rings is 1. The van der Waals surface area contributed by atoms with E-state index in [1.807, 2.05) is 24.3 Å². The number of aliphatic carboxylic acids is 1. The average Bonchev–Trinajstić information content (AvgIpc) is 3.29. The Labute approximate surface area is 131 Å². The summed E-state index contributed by atoms with van der Waals surface area (Å²) in [5.74, 6) is -1.26. The van der Waals surface area contributed by atoms with Crippen LogP contribution in [0, 0.1) is 5.41 Å². The van der Waals surface area contributed by atoms with Crippen LogP contribution in [0.2, 0.25) is 0 Å². The van der Waals surface area contributed by atoms with Gasteiger partial charge in [-0.1, -0.05) is 28.1 Å². The smallest absolute Gasteiger partial charge is 0.319 e. The summed E-state index contributed by atoms with van der Waals surface area (Å²) in [6.07, 6.45) is 0.698. The Kier molecular flexibility index (Phi) is 3.75. The number of rotatable bonds is 3. The summed E-state index contributed by atoms with van der Waals surface area (Å²) in [6.45, 7) is 1.30. The molecule has 1 aromatic rings. The lowest BCUT2D eigenvalue weighted by molar-refractivity contribution is -0.157. The molecule has 5 nitrogen and oxygen atoms in total. The van der Waals surface area contributed by atoms with Gasteiger partial charge in [-0.3, -0.25) is 9.59 Å². The van der Waals surface area contributed by atoms with Crippen molar-refractivity contribution in [3.8, 4) is 0 Å². The molecule has 0 spiro atoms. The predicted octanol–water partition coefficient (Wildman–Crippen LogP) is 2.21. The predicted molar refractivity (Wildman–Crippen MR) is 78.7 cm³/mol. The highest BCUT2D eigenvalue weighted by Crippen LogP contribution is 2.48. The van der Waals surface area contributed by atoms with Gasteiger partial charge in [-0.2, -0.15) is 0 Å². The van der Waals surface area contributed by atoms with Crippen molar-refractivity contribution in [3.05, 3.63) is 34.3 Å². The van der Waals surface area contributed by atoms with Crippen LogP contribution < -0.4 is 0 Å². The van der Waals surface area contributed by atoms with E-state index < -0.39 is 11.4 Å². The van der Waals surface area contributed by atoms with Crippen LogP contribution in [0.1, 0.15) is 24.5 Å². The highest BCUT2D eigenvalue weighted by atomic mass is 79.9. The maximum atomic E-state index is 12.4. The van der Waals surface area contributed by atoms with Gasteiger partial charge < -0.3 is 14.7 Å². The second-order valence-electron chi connectivity index (χ2n) is 5.55. The van der Waals surface area contributed by atoms with Gasteiger partial charge in [0.2, 0.25) is 5.91 Å².